The lowest BCUT2D eigenvalue weighted by atomic mass is 10.1. The Morgan fingerprint density at radius 3 is 2.56 bits per heavy atom. The first-order valence-electron chi connectivity index (χ1n) is 10.1. The van der Waals surface area contributed by atoms with Gasteiger partial charge < -0.3 is 19.7 Å². The quantitative estimate of drug-likeness (QED) is 0.164. The molecule has 1 rings (SSSR count). The minimum Gasteiger partial charge on any atom is -0.460 e. The van der Waals surface area contributed by atoms with E-state index in [-0.39, 0.29) is 35.5 Å². The van der Waals surface area contributed by atoms with Crippen LogP contribution in [0.2, 0.25) is 0 Å². The van der Waals surface area contributed by atoms with Crippen molar-refractivity contribution in [3.63, 3.8) is 0 Å². The molecule has 0 aromatic heterocycles. The summed E-state index contributed by atoms with van der Waals surface area (Å²) in [7, 11) is 1.77. The number of nitrogens with zero attached hydrogens (tertiary/aromatic N) is 2. The van der Waals surface area contributed by atoms with Crippen molar-refractivity contribution in [3.05, 3.63) is 0 Å². The van der Waals surface area contributed by atoms with Crippen molar-refractivity contribution >= 4 is 35.9 Å². The van der Waals surface area contributed by atoms with Gasteiger partial charge in [-0.3, -0.25) is 9.79 Å². The lowest BCUT2D eigenvalue weighted by Crippen LogP contribution is -2.40. The maximum absolute atomic E-state index is 11.7. The topological polar surface area (TPSA) is 63.2 Å². The van der Waals surface area contributed by atoms with Crippen LogP contribution >= 0.6 is 24.0 Å². The first-order chi connectivity index (χ1) is 12.4. The molecule has 1 fully saturated rings. The average Bonchev–Trinajstić information content (AvgIpc) is 3.00. The van der Waals surface area contributed by atoms with E-state index in [0.29, 0.717) is 12.3 Å². The summed E-state index contributed by atoms with van der Waals surface area (Å²) in [5.74, 6) is 1.54. The standard InChI is InChI=1S/C20H39N3O3.HI/c1-6-21-19(23-14-12-17(15-23)16-25-5)22-13-10-8-7-9-11-18(24)26-20(2,3)4;/h17H,6-16H2,1-5H3,(H,21,22);1H. The highest BCUT2D eigenvalue weighted by atomic mass is 127. The Bertz CT molecular complexity index is 439. The average molecular weight is 497 g/mol. The molecule has 1 aliphatic rings. The molecular formula is C20H40IN3O3. The van der Waals surface area contributed by atoms with E-state index in [4.69, 9.17) is 14.5 Å². The van der Waals surface area contributed by atoms with Crippen LogP contribution in [0.25, 0.3) is 0 Å². The molecule has 27 heavy (non-hydrogen) atoms. The normalized spacial score (nSPS) is 17.6. The molecule has 0 aromatic rings. The van der Waals surface area contributed by atoms with E-state index in [2.05, 4.69) is 17.1 Å². The van der Waals surface area contributed by atoms with E-state index in [1.165, 1.54) is 6.42 Å². The van der Waals surface area contributed by atoms with Gasteiger partial charge in [0, 0.05) is 45.6 Å². The molecule has 1 unspecified atom stereocenters. The number of ether oxygens (including phenoxy) is 2. The highest BCUT2D eigenvalue weighted by Gasteiger charge is 2.24. The molecule has 6 nitrogen and oxygen atoms in total. The number of hydrogen-bond acceptors (Lipinski definition) is 4. The predicted octanol–water partition coefficient (Wildman–Crippen LogP) is 3.83. The van der Waals surface area contributed by atoms with Crippen LogP contribution in [0, 0.1) is 5.92 Å². The molecule has 0 saturated carbocycles. The van der Waals surface area contributed by atoms with Crippen LogP contribution in [-0.2, 0) is 14.3 Å². The van der Waals surface area contributed by atoms with Crippen molar-refractivity contribution in [1.82, 2.24) is 10.2 Å². The van der Waals surface area contributed by atoms with Crippen LogP contribution in [-0.4, -0.2) is 62.3 Å². The zero-order valence-corrected chi connectivity index (χ0v) is 20.2. The number of carbonyl (C=O) groups excluding carboxylic acids is 1. The van der Waals surface area contributed by atoms with Gasteiger partial charge in [-0.05, 0) is 47.0 Å². The summed E-state index contributed by atoms with van der Waals surface area (Å²) in [6.07, 6.45) is 5.77. The molecule has 1 heterocycles. The van der Waals surface area contributed by atoms with Gasteiger partial charge in [-0.15, -0.1) is 24.0 Å². The highest BCUT2D eigenvalue weighted by Crippen LogP contribution is 2.16. The van der Waals surface area contributed by atoms with Gasteiger partial charge in [0.2, 0.25) is 0 Å². The summed E-state index contributed by atoms with van der Waals surface area (Å²) >= 11 is 0. The molecule has 0 spiro atoms. The molecule has 0 bridgehead atoms. The molecule has 0 aliphatic carbocycles. The van der Waals surface area contributed by atoms with Crippen LogP contribution in [0.15, 0.2) is 4.99 Å². The molecule has 1 saturated heterocycles. The fourth-order valence-electron chi connectivity index (χ4n) is 3.13. The fraction of sp³-hybridized carbons (Fsp3) is 0.900. The van der Waals surface area contributed by atoms with Gasteiger partial charge in [0.05, 0.1) is 6.61 Å². The summed E-state index contributed by atoms with van der Waals surface area (Å²) in [5.41, 5.74) is -0.383. The Morgan fingerprint density at radius 2 is 1.93 bits per heavy atom. The van der Waals surface area contributed by atoms with E-state index >= 15 is 0 Å². The maximum atomic E-state index is 11.7. The van der Waals surface area contributed by atoms with Gasteiger partial charge in [0.15, 0.2) is 5.96 Å². The molecule has 1 aliphatic heterocycles. The molecule has 7 heteroatoms. The van der Waals surface area contributed by atoms with Crippen molar-refractivity contribution in [2.45, 2.75) is 71.8 Å². The molecule has 0 aromatic carbocycles. The van der Waals surface area contributed by atoms with Crippen LogP contribution in [0.5, 0.6) is 0 Å². The summed E-state index contributed by atoms with van der Waals surface area (Å²) in [6, 6.07) is 0. The van der Waals surface area contributed by atoms with Crippen molar-refractivity contribution in [1.29, 1.82) is 0 Å². The summed E-state index contributed by atoms with van der Waals surface area (Å²) in [5, 5.41) is 3.40. The molecule has 0 amide bonds. The lowest BCUT2D eigenvalue weighted by Gasteiger charge is -2.21. The molecule has 0 radical (unpaired) electrons. The van der Waals surface area contributed by atoms with E-state index in [1.807, 2.05) is 20.8 Å². The Labute approximate surface area is 182 Å². The number of unbranched alkanes of at least 4 members (excludes halogenated alkanes) is 3. The van der Waals surface area contributed by atoms with Crippen LogP contribution < -0.4 is 5.32 Å². The number of likely N-dealkylation sites (tertiary alicyclic amines) is 1. The van der Waals surface area contributed by atoms with E-state index in [1.54, 1.807) is 7.11 Å². The Morgan fingerprint density at radius 1 is 1.22 bits per heavy atom. The number of hydrogen-bond donors (Lipinski definition) is 1. The number of methoxy groups -OCH3 is 1. The van der Waals surface area contributed by atoms with Crippen molar-refractivity contribution in [3.8, 4) is 0 Å². The van der Waals surface area contributed by atoms with Gasteiger partial charge in [-0.1, -0.05) is 12.8 Å². The third-order valence-electron chi connectivity index (χ3n) is 4.29. The number of rotatable bonds is 10. The van der Waals surface area contributed by atoms with Gasteiger partial charge >= 0.3 is 5.97 Å². The number of halogens is 1. The molecule has 1 N–H and O–H groups in total. The number of guanidine groups is 1. The number of nitrogens with one attached hydrogen (secondary N) is 1. The van der Waals surface area contributed by atoms with Crippen LogP contribution in [0.3, 0.4) is 0 Å². The smallest absolute Gasteiger partial charge is 0.306 e. The van der Waals surface area contributed by atoms with E-state index in [9.17, 15) is 4.79 Å². The van der Waals surface area contributed by atoms with Crippen molar-refractivity contribution in [2.75, 3.05) is 39.9 Å². The Balaban J connectivity index is 0.00000676. The second-order valence-electron chi connectivity index (χ2n) is 8.04. The van der Waals surface area contributed by atoms with Gasteiger partial charge in [-0.25, -0.2) is 0 Å². The third-order valence-corrected chi connectivity index (χ3v) is 4.29. The van der Waals surface area contributed by atoms with Gasteiger partial charge in [0.1, 0.15) is 5.60 Å². The van der Waals surface area contributed by atoms with Crippen LogP contribution in [0.1, 0.15) is 66.2 Å². The molecule has 1 atom stereocenters. The summed E-state index contributed by atoms with van der Waals surface area (Å²) in [6.45, 7) is 12.4. The minimum atomic E-state index is -0.383. The molecular weight excluding hydrogens is 457 g/mol. The maximum Gasteiger partial charge on any atom is 0.306 e. The largest absolute Gasteiger partial charge is 0.460 e. The fourth-order valence-corrected chi connectivity index (χ4v) is 3.13. The second-order valence-corrected chi connectivity index (χ2v) is 8.04. The summed E-state index contributed by atoms with van der Waals surface area (Å²) in [4.78, 5) is 18.8. The van der Waals surface area contributed by atoms with Crippen LogP contribution in [0.4, 0.5) is 0 Å². The zero-order valence-electron chi connectivity index (χ0n) is 17.9. The Kier molecular flexibility index (Phi) is 14.1. The third kappa shape index (κ3) is 12.5. The summed E-state index contributed by atoms with van der Waals surface area (Å²) < 4.78 is 10.6. The van der Waals surface area contributed by atoms with Gasteiger partial charge in [-0.2, -0.15) is 0 Å². The zero-order chi connectivity index (χ0) is 19.4. The van der Waals surface area contributed by atoms with Crippen molar-refractivity contribution in [2.24, 2.45) is 10.9 Å². The van der Waals surface area contributed by atoms with Crippen molar-refractivity contribution < 1.29 is 14.3 Å². The number of esters is 1. The SMILES string of the molecule is CCNC(=NCCCCCCC(=O)OC(C)(C)C)N1CCC(COC)C1.I. The lowest BCUT2D eigenvalue weighted by molar-refractivity contribution is -0.154. The van der Waals surface area contributed by atoms with Gasteiger partial charge in [0.25, 0.3) is 0 Å². The second kappa shape index (κ2) is 14.4. The first kappa shape index (κ1) is 26.4. The monoisotopic (exact) mass is 497 g/mol. The molecule has 160 valence electrons. The van der Waals surface area contributed by atoms with E-state index < -0.39 is 0 Å². The first-order valence-corrected chi connectivity index (χ1v) is 10.1. The van der Waals surface area contributed by atoms with E-state index in [0.717, 1.165) is 64.4 Å². The number of aliphatic imine (C=N–C) groups is 1. The highest BCUT2D eigenvalue weighted by molar-refractivity contribution is 14.0. The predicted molar refractivity (Wildman–Crippen MR) is 122 cm³/mol. The number of carbonyl (C=O) groups is 1. The minimum absolute atomic E-state index is 0. The Hall–Kier alpha value is -0.570.